The minimum atomic E-state index is -0.553. The molecule has 17 heavy (non-hydrogen) atoms. The van der Waals surface area contributed by atoms with E-state index in [2.05, 4.69) is 11.4 Å². The lowest BCUT2D eigenvalue weighted by atomic mass is 9.79. The van der Waals surface area contributed by atoms with Crippen LogP contribution in [0.3, 0.4) is 0 Å². The van der Waals surface area contributed by atoms with Crippen LogP contribution in [-0.4, -0.2) is 17.1 Å². The quantitative estimate of drug-likeness (QED) is 0.772. The van der Waals surface area contributed by atoms with E-state index in [0.717, 1.165) is 24.8 Å². The fourth-order valence-electron chi connectivity index (χ4n) is 3.37. The first-order valence-electron chi connectivity index (χ1n) is 6.23. The van der Waals surface area contributed by atoms with Gasteiger partial charge in [0.15, 0.2) is 0 Å². The highest BCUT2D eigenvalue weighted by Crippen LogP contribution is 2.45. The lowest BCUT2D eigenvalue weighted by molar-refractivity contribution is -0.120. The highest BCUT2D eigenvalue weighted by atomic mass is 16.3. The number of carbonyl (C=O) groups excluding carboxylic acids is 1. The van der Waals surface area contributed by atoms with E-state index < -0.39 is 6.10 Å². The molecular weight excluding hydrogens is 214 g/mol. The van der Waals surface area contributed by atoms with Crippen molar-refractivity contribution in [1.82, 2.24) is 5.32 Å². The average Bonchev–Trinajstić information content (AvgIpc) is 2.69. The van der Waals surface area contributed by atoms with Crippen molar-refractivity contribution in [2.45, 2.75) is 44.2 Å². The SMILES string of the molecule is CC(=O)NC1CC2CCc3cccc(c32)C1O. The summed E-state index contributed by atoms with van der Waals surface area (Å²) in [7, 11) is 0. The molecule has 1 amide bonds. The summed E-state index contributed by atoms with van der Waals surface area (Å²) in [6, 6.07) is 6.04. The number of carbonyl (C=O) groups is 1. The Bertz CT molecular complexity index is 469. The Morgan fingerprint density at radius 2 is 2.29 bits per heavy atom. The molecule has 1 aromatic rings. The van der Waals surface area contributed by atoms with Gasteiger partial charge in [-0.1, -0.05) is 18.2 Å². The third-order valence-corrected chi connectivity index (χ3v) is 4.03. The zero-order chi connectivity index (χ0) is 12.0. The Morgan fingerprint density at radius 3 is 3.06 bits per heavy atom. The van der Waals surface area contributed by atoms with Crippen LogP contribution < -0.4 is 5.32 Å². The van der Waals surface area contributed by atoms with Gasteiger partial charge in [-0.25, -0.2) is 0 Å². The minimum absolute atomic E-state index is 0.0633. The molecule has 0 aromatic heterocycles. The van der Waals surface area contributed by atoms with Crippen LogP contribution in [0, 0.1) is 0 Å². The van der Waals surface area contributed by atoms with E-state index in [1.165, 1.54) is 18.1 Å². The maximum Gasteiger partial charge on any atom is 0.217 e. The molecule has 3 nitrogen and oxygen atoms in total. The Kier molecular flexibility index (Phi) is 2.44. The molecule has 3 atom stereocenters. The van der Waals surface area contributed by atoms with Crippen molar-refractivity contribution in [1.29, 1.82) is 0 Å². The second kappa shape index (κ2) is 3.84. The Labute approximate surface area is 101 Å². The van der Waals surface area contributed by atoms with Gasteiger partial charge < -0.3 is 10.4 Å². The summed E-state index contributed by atoms with van der Waals surface area (Å²) < 4.78 is 0. The number of aryl methyl sites for hydroxylation is 1. The van der Waals surface area contributed by atoms with Crippen LogP contribution in [0.2, 0.25) is 0 Å². The van der Waals surface area contributed by atoms with E-state index in [1.807, 2.05) is 12.1 Å². The van der Waals surface area contributed by atoms with E-state index in [4.69, 9.17) is 0 Å². The first-order valence-corrected chi connectivity index (χ1v) is 6.23. The molecule has 0 fully saturated rings. The van der Waals surface area contributed by atoms with Crippen molar-refractivity contribution >= 4 is 5.91 Å². The van der Waals surface area contributed by atoms with Gasteiger partial charge in [-0.2, -0.15) is 0 Å². The molecule has 2 aliphatic carbocycles. The predicted octanol–water partition coefficient (Wildman–Crippen LogP) is 1.66. The molecule has 0 spiro atoms. The minimum Gasteiger partial charge on any atom is -0.386 e. The third-order valence-electron chi connectivity index (χ3n) is 4.03. The number of aliphatic hydroxyl groups excluding tert-OH is 1. The van der Waals surface area contributed by atoms with Crippen LogP contribution in [0.15, 0.2) is 18.2 Å². The number of nitrogens with one attached hydrogen (secondary N) is 1. The lowest BCUT2D eigenvalue weighted by Gasteiger charge is -2.34. The van der Waals surface area contributed by atoms with Gasteiger partial charge in [-0.3, -0.25) is 4.79 Å². The Balaban J connectivity index is 1.99. The highest BCUT2D eigenvalue weighted by Gasteiger charge is 2.37. The zero-order valence-corrected chi connectivity index (χ0v) is 9.94. The highest BCUT2D eigenvalue weighted by molar-refractivity contribution is 5.73. The van der Waals surface area contributed by atoms with Gasteiger partial charge in [0.25, 0.3) is 0 Å². The lowest BCUT2D eigenvalue weighted by Crippen LogP contribution is -2.41. The van der Waals surface area contributed by atoms with Gasteiger partial charge in [-0.15, -0.1) is 0 Å². The standard InChI is InChI=1S/C14H17NO2/c1-8(16)15-12-7-10-6-5-9-3-2-4-11(13(9)10)14(12)17/h2-4,10,12,14,17H,5-7H2,1H3,(H,15,16). The van der Waals surface area contributed by atoms with E-state index in [0.29, 0.717) is 5.92 Å². The fourth-order valence-corrected chi connectivity index (χ4v) is 3.37. The number of amides is 1. The fraction of sp³-hybridized carbons (Fsp3) is 0.500. The summed E-state index contributed by atoms with van der Waals surface area (Å²) in [5, 5.41) is 13.2. The molecule has 0 saturated heterocycles. The maximum absolute atomic E-state index is 11.2. The van der Waals surface area contributed by atoms with Crippen molar-refractivity contribution in [3.8, 4) is 0 Å². The third kappa shape index (κ3) is 1.65. The predicted molar refractivity (Wildman–Crippen MR) is 64.7 cm³/mol. The summed E-state index contributed by atoms with van der Waals surface area (Å²) in [6.07, 6.45) is 2.57. The summed E-state index contributed by atoms with van der Waals surface area (Å²) in [4.78, 5) is 11.2. The molecule has 0 heterocycles. The van der Waals surface area contributed by atoms with Crippen molar-refractivity contribution in [2.75, 3.05) is 0 Å². The zero-order valence-electron chi connectivity index (χ0n) is 9.94. The van der Waals surface area contributed by atoms with Gasteiger partial charge in [0, 0.05) is 6.92 Å². The number of hydrogen-bond acceptors (Lipinski definition) is 2. The van der Waals surface area contributed by atoms with Crippen LogP contribution in [0.25, 0.3) is 0 Å². The molecule has 3 unspecified atom stereocenters. The molecule has 0 saturated carbocycles. The second-order valence-corrected chi connectivity index (χ2v) is 5.14. The summed E-state index contributed by atoms with van der Waals surface area (Å²) in [6.45, 7) is 1.51. The van der Waals surface area contributed by atoms with Gasteiger partial charge in [0.1, 0.15) is 0 Å². The van der Waals surface area contributed by atoms with Gasteiger partial charge in [-0.05, 0) is 41.9 Å². The van der Waals surface area contributed by atoms with Crippen LogP contribution in [0.5, 0.6) is 0 Å². The molecule has 0 aliphatic heterocycles. The smallest absolute Gasteiger partial charge is 0.217 e. The normalized spacial score (nSPS) is 29.9. The molecule has 2 N–H and O–H groups in total. The van der Waals surface area contributed by atoms with Gasteiger partial charge in [0.2, 0.25) is 5.91 Å². The molecule has 1 aromatic carbocycles. The molecule has 3 heteroatoms. The van der Waals surface area contributed by atoms with E-state index in [9.17, 15) is 9.90 Å². The summed E-state index contributed by atoms with van der Waals surface area (Å²) in [5.41, 5.74) is 3.75. The molecular formula is C14H17NO2. The Morgan fingerprint density at radius 1 is 1.47 bits per heavy atom. The monoisotopic (exact) mass is 231 g/mol. The second-order valence-electron chi connectivity index (χ2n) is 5.14. The molecule has 0 radical (unpaired) electrons. The van der Waals surface area contributed by atoms with E-state index in [-0.39, 0.29) is 11.9 Å². The van der Waals surface area contributed by atoms with Crippen LogP contribution in [0.1, 0.15) is 48.5 Å². The largest absolute Gasteiger partial charge is 0.386 e. The van der Waals surface area contributed by atoms with Crippen molar-refractivity contribution in [3.63, 3.8) is 0 Å². The number of rotatable bonds is 1. The number of benzene rings is 1. The van der Waals surface area contributed by atoms with Crippen molar-refractivity contribution in [3.05, 3.63) is 34.9 Å². The number of aliphatic hydroxyl groups is 1. The van der Waals surface area contributed by atoms with E-state index in [1.54, 1.807) is 0 Å². The molecule has 3 rings (SSSR count). The summed E-state index contributed by atoms with van der Waals surface area (Å²) >= 11 is 0. The van der Waals surface area contributed by atoms with E-state index >= 15 is 0 Å². The van der Waals surface area contributed by atoms with Crippen molar-refractivity contribution < 1.29 is 9.90 Å². The number of hydrogen-bond donors (Lipinski definition) is 2. The Hall–Kier alpha value is -1.35. The van der Waals surface area contributed by atoms with Crippen LogP contribution >= 0.6 is 0 Å². The average molecular weight is 231 g/mol. The van der Waals surface area contributed by atoms with Gasteiger partial charge >= 0.3 is 0 Å². The van der Waals surface area contributed by atoms with Gasteiger partial charge in [0.05, 0.1) is 12.1 Å². The molecule has 2 aliphatic rings. The van der Waals surface area contributed by atoms with Crippen molar-refractivity contribution in [2.24, 2.45) is 0 Å². The summed E-state index contributed by atoms with van der Waals surface area (Å²) in [5.74, 6) is 0.452. The first kappa shape index (κ1) is 10.8. The molecule has 90 valence electrons. The first-order chi connectivity index (χ1) is 8.16. The molecule has 0 bridgehead atoms. The van der Waals surface area contributed by atoms with Crippen LogP contribution in [0.4, 0.5) is 0 Å². The van der Waals surface area contributed by atoms with Crippen LogP contribution in [-0.2, 0) is 11.2 Å². The topological polar surface area (TPSA) is 49.3 Å². The maximum atomic E-state index is 11.2.